The summed E-state index contributed by atoms with van der Waals surface area (Å²) in [6, 6.07) is 0. The zero-order chi connectivity index (χ0) is 14.1. The Hall–Kier alpha value is 0.150. The molecule has 0 saturated heterocycles. The molecule has 0 fully saturated rings. The molecular formula is C13H30NO2P. The molecule has 0 rings (SSSR count). The Kier molecular flexibility index (Phi) is 5.47. The minimum atomic E-state index is -2.41. The number of hydrogen-bond acceptors (Lipinski definition) is 2. The van der Waals surface area contributed by atoms with E-state index in [-0.39, 0.29) is 16.3 Å². The lowest BCUT2D eigenvalue weighted by Crippen LogP contribution is -3.19. The maximum Gasteiger partial charge on any atom is 0.144 e. The molecule has 104 valence electrons. The molecule has 1 N–H and O–H groups in total. The standard InChI is InChI=1S/C13H30NO2P/c1-9-17(16,10-2)11(12(3,4)5)14(15)13(6,7)8/h11,14H,9-10H2,1-8H3. The van der Waals surface area contributed by atoms with Crippen LogP contribution in [0.5, 0.6) is 0 Å². The fourth-order valence-corrected chi connectivity index (χ4v) is 5.72. The van der Waals surface area contributed by atoms with E-state index >= 15 is 0 Å². The van der Waals surface area contributed by atoms with Gasteiger partial charge in [-0.2, -0.15) is 0 Å². The number of hydroxylamine groups is 2. The first-order valence-electron chi connectivity index (χ1n) is 6.52. The largest absolute Gasteiger partial charge is 0.633 e. The molecule has 0 saturated carbocycles. The second-order valence-corrected chi connectivity index (χ2v) is 10.7. The van der Waals surface area contributed by atoms with Crippen molar-refractivity contribution in [2.75, 3.05) is 12.3 Å². The van der Waals surface area contributed by atoms with Crippen molar-refractivity contribution in [1.29, 1.82) is 0 Å². The quantitative estimate of drug-likeness (QED) is 0.626. The third-order valence-electron chi connectivity index (χ3n) is 3.35. The van der Waals surface area contributed by atoms with E-state index in [0.717, 1.165) is 0 Å². The Morgan fingerprint density at radius 2 is 1.41 bits per heavy atom. The van der Waals surface area contributed by atoms with E-state index in [1.165, 1.54) is 0 Å². The summed E-state index contributed by atoms with van der Waals surface area (Å²) in [6.07, 6.45) is 1.24. The molecule has 0 aliphatic carbocycles. The van der Waals surface area contributed by atoms with E-state index in [1.54, 1.807) is 0 Å². The first-order chi connectivity index (χ1) is 7.40. The highest BCUT2D eigenvalue weighted by Gasteiger charge is 2.46. The van der Waals surface area contributed by atoms with Crippen molar-refractivity contribution in [3.05, 3.63) is 5.21 Å². The zero-order valence-electron chi connectivity index (χ0n) is 12.8. The molecule has 0 heterocycles. The van der Waals surface area contributed by atoms with Crippen LogP contribution in [0.15, 0.2) is 0 Å². The van der Waals surface area contributed by atoms with Gasteiger partial charge in [0.25, 0.3) is 0 Å². The normalized spacial score (nSPS) is 17.9. The predicted octanol–water partition coefficient (Wildman–Crippen LogP) is 2.94. The van der Waals surface area contributed by atoms with E-state index in [9.17, 15) is 9.77 Å². The number of hydrogen-bond donors (Lipinski definition) is 1. The van der Waals surface area contributed by atoms with Crippen LogP contribution in [0.3, 0.4) is 0 Å². The van der Waals surface area contributed by atoms with Crippen LogP contribution < -0.4 is 5.06 Å². The summed E-state index contributed by atoms with van der Waals surface area (Å²) >= 11 is 0. The molecule has 0 aromatic rings. The SMILES string of the molecule is CCP(=O)(CC)C([NH+]([O-])C(C)(C)C)C(C)(C)C. The van der Waals surface area contributed by atoms with Crippen molar-refractivity contribution in [2.24, 2.45) is 5.41 Å². The first-order valence-corrected chi connectivity index (χ1v) is 8.67. The Morgan fingerprint density at radius 3 is 1.59 bits per heavy atom. The molecule has 2 atom stereocenters. The van der Waals surface area contributed by atoms with Crippen molar-refractivity contribution in [2.45, 2.75) is 66.7 Å². The molecule has 0 bridgehead atoms. The van der Waals surface area contributed by atoms with Gasteiger partial charge in [-0.15, -0.1) is 0 Å². The fraction of sp³-hybridized carbons (Fsp3) is 1.00. The van der Waals surface area contributed by atoms with E-state index in [4.69, 9.17) is 0 Å². The molecule has 2 unspecified atom stereocenters. The second kappa shape index (κ2) is 5.42. The van der Waals surface area contributed by atoms with E-state index < -0.39 is 12.7 Å². The highest BCUT2D eigenvalue weighted by atomic mass is 31.2. The van der Waals surface area contributed by atoms with Gasteiger partial charge in [-0.05, 0) is 20.8 Å². The number of nitrogens with one attached hydrogen (secondary N) is 1. The smallest absolute Gasteiger partial charge is 0.144 e. The van der Waals surface area contributed by atoms with Crippen LogP contribution in [0.2, 0.25) is 0 Å². The monoisotopic (exact) mass is 263 g/mol. The predicted molar refractivity (Wildman–Crippen MR) is 76.0 cm³/mol. The van der Waals surface area contributed by atoms with Gasteiger partial charge in [-0.3, -0.25) is 0 Å². The molecule has 0 amide bonds. The summed E-state index contributed by atoms with van der Waals surface area (Å²) in [5, 5.41) is 12.8. The van der Waals surface area contributed by atoms with Crippen molar-refractivity contribution >= 4 is 7.14 Å². The van der Waals surface area contributed by atoms with E-state index in [1.807, 2.05) is 55.4 Å². The van der Waals surface area contributed by atoms with Gasteiger partial charge >= 0.3 is 0 Å². The second-order valence-electron chi connectivity index (χ2n) is 6.97. The van der Waals surface area contributed by atoms with Crippen LogP contribution in [0, 0.1) is 10.6 Å². The van der Waals surface area contributed by atoms with Crippen LogP contribution in [-0.2, 0) is 4.57 Å². The summed E-state index contributed by atoms with van der Waals surface area (Å²) in [7, 11) is -2.41. The van der Waals surface area contributed by atoms with Gasteiger partial charge in [-0.1, -0.05) is 34.6 Å². The van der Waals surface area contributed by atoms with Gasteiger partial charge in [0.2, 0.25) is 0 Å². The van der Waals surface area contributed by atoms with Crippen LogP contribution in [0.25, 0.3) is 0 Å². The molecule has 17 heavy (non-hydrogen) atoms. The molecule has 0 aromatic heterocycles. The van der Waals surface area contributed by atoms with Crippen LogP contribution in [0.4, 0.5) is 0 Å². The third-order valence-corrected chi connectivity index (χ3v) is 7.44. The van der Waals surface area contributed by atoms with E-state index in [2.05, 4.69) is 0 Å². The molecule has 0 radical (unpaired) electrons. The molecule has 0 spiro atoms. The van der Waals surface area contributed by atoms with Gasteiger partial charge in [0.1, 0.15) is 12.9 Å². The highest BCUT2D eigenvalue weighted by Crippen LogP contribution is 2.53. The molecule has 4 heteroatoms. The molecule has 0 aliphatic heterocycles. The van der Waals surface area contributed by atoms with Crippen LogP contribution in [-0.4, -0.2) is 23.6 Å². The summed E-state index contributed by atoms with van der Waals surface area (Å²) in [4.78, 5) is 0. The van der Waals surface area contributed by atoms with Crippen molar-refractivity contribution in [3.63, 3.8) is 0 Å². The average molecular weight is 263 g/mol. The lowest BCUT2D eigenvalue weighted by atomic mass is 9.94. The average Bonchev–Trinajstić information content (AvgIpc) is 2.14. The topological polar surface area (TPSA) is 44.6 Å². The highest BCUT2D eigenvalue weighted by molar-refractivity contribution is 7.64. The Labute approximate surface area is 107 Å². The summed E-state index contributed by atoms with van der Waals surface area (Å²) in [5.74, 6) is -0.315. The van der Waals surface area contributed by atoms with Gasteiger partial charge in [0.05, 0.1) is 5.54 Å². The van der Waals surface area contributed by atoms with Crippen molar-refractivity contribution < 1.29 is 9.63 Å². The number of rotatable bonds is 4. The maximum absolute atomic E-state index is 13.0. The van der Waals surface area contributed by atoms with Crippen LogP contribution >= 0.6 is 7.14 Å². The Balaban J connectivity index is 5.54. The minimum absolute atomic E-state index is 0.150. The van der Waals surface area contributed by atoms with Crippen LogP contribution in [0.1, 0.15) is 55.4 Å². The third kappa shape index (κ3) is 4.08. The molecular weight excluding hydrogens is 233 g/mol. The van der Waals surface area contributed by atoms with Gasteiger partial charge in [-0.25, -0.2) is 0 Å². The maximum atomic E-state index is 13.0. The zero-order valence-corrected chi connectivity index (χ0v) is 13.6. The van der Waals surface area contributed by atoms with Gasteiger partial charge in [0, 0.05) is 17.7 Å². The lowest BCUT2D eigenvalue weighted by molar-refractivity contribution is -0.916. The molecule has 3 nitrogen and oxygen atoms in total. The minimum Gasteiger partial charge on any atom is -0.633 e. The van der Waals surface area contributed by atoms with Gasteiger partial charge in [0.15, 0.2) is 0 Å². The van der Waals surface area contributed by atoms with Crippen molar-refractivity contribution in [1.82, 2.24) is 0 Å². The number of quaternary nitrogens is 1. The fourth-order valence-electron chi connectivity index (χ4n) is 2.31. The molecule has 0 aliphatic rings. The summed E-state index contributed by atoms with van der Waals surface area (Å²) in [5.41, 5.74) is -0.649. The van der Waals surface area contributed by atoms with E-state index in [0.29, 0.717) is 12.3 Å². The summed E-state index contributed by atoms with van der Waals surface area (Å²) in [6.45, 7) is 15.7. The molecule has 0 aromatic carbocycles. The Bertz CT molecular complexity index is 281. The van der Waals surface area contributed by atoms with Gasteiger partial charge < -0.3 is 14.8 Å². The lowest BCUT2D eigenvalue weighted by Gasteiger charge is -2.49. The first kappa shape index (κ1) is 17.2. The van der Waals surface area contributed by atoms with Crippen molar-refractivity contribution in [3.8, 4) is 0 Å². The Morgan fingerprint density at radius 1 is 1.06 bits per heavy atom. The summed E-state index contributed by atoms with van der Waals surface area (Å²) < 4.78 is 13.0.